The SMILES string of the molecule is CCC(C(=O)O)c1c(-c2ccc(C)cc2)c2c3c(sc2[nH]c1=O)CCCC3. The molecule has 4 rings (SSSR count). The zero-order valence-corrected chi connectivity index (χ0v) is 16.4. The second-order valence-electron chi connectivity index (χ2n) is 7.32. The Morgan fingerprint density at radius 1 is 1.22 bits per heavy atom. The number of hydrogen-bond acceptors (Lipinski definition) is 3. The van der Waals surface area contributed by atoms with Gasteiger partial charge in [0, 0.05) is 21.4 Å². The van der Waals surface area contributed by atoms with Crippen molar-refractivity contribution in [1.29, 1.82) is 0 Å². The zero-order valence-electron chi connectivity index (χ0n) is 15.6. The Bertz CT molecular complexity index is 1080. The maximum Gasteiger partial charge on any atom is 0.311 e. The van der Waals surface area contributed by atoms with Crippen LogP contribution in [-0.4, -0.2) is 16.1 Å². The van der Waals surface area contributed by atoms with Gasteiger partial charge in [-0.1, -0.05) is 36.8 Å². The smallest absolute Gasteiger partial charge is 0.311 e. The minimum absolute atomic E-state index is 0.272. The molecule has 1 atom stereocenters. The molecule has 3 aromatic rings. The van der Waals surface area contributed by atoms with Gasteiger partial charge in [0.2, 0.25) is 0 Å². The van der Waals surface area contributed by atoms with E-state index >= 15 is 0 Å². The van der Waals surface area contributed by atoms with Crippen LogP contribution in [0.25, 0.3) is 21.3 Å². The van der Waals surface area contributed by atoms with Gasteiger partial charge in [-0.3, -0.25) is 9.59 Å². The van der Waals surface area contributed by atoms with Crippen molar-refractivity contribution in [3.8, 4) is 11.1 Å². The van der Waals surface area contributed by atoms with Crippen LogP contribution in [-0.2, 0) is 17.6 Å². The first-order valence-corrected chi connectivity index (χ1v) is 10.3. The van der Waals surface area contributed by atoms with Gasteiger partial charge in [0.15, 0.2) is 0 Å². The predicted octanol–water partition coefficient (Wildman–Crippen LogP) is 5.02. The highest BCUT2D eigenvalue weighted by Gasteiger charge is 2.29. The summed E-state index contributed by atoms with van der Waals surface area (Å²) in [7, 11) is 0. The van der Waals surface area contributed by atoms with E-state index in [1.165, 1.54) is 16.9 Å². The highest BCUT2D eigenvalue weighted by atomic mass is 32.1. The van der Waals surface area contributed by atoms with Crippen molar-refractivity contribution in [3.63, 3.8) is 0 Å². The highest BCUT2D eigenvalue weighted by molar-refractivity contribution is 7.19. The van der Waals surface area contributed by atoms with Crippen LogP contribution in [0.3, 0.4) is 0 Å². The van der Waals surface area contributed by atoms with E-state index in [1.54, 1.807) is 11.3 Å². The summed E-state index contributed by atoms with van der Waals surface area (Å²) >= 11 is 1.66. The normalized spacial score (nSPS) is 14.9. The zero-order chi connectivity index (χ0) is 19.1. The number of rotatable bonds is 4. The summed E-state index contributed by atoms with van der Waals surface area (Å²) in [6.45, 7) is 3.85. The third kappa shape index (κ3) is 3.00. The minimum atomic E-state index is -0.945. The number of aliphatic carboxylic acids is 1. The lowest BCUT2D eigenvalue weighted by Crippen LogP contribution is -2.23. The van der Waals surface area contributed by atoms with Crippen molar-refractivity contribution in [2.75, 3.05) is 0 Å². The molecule has 2 heterocycles. The number of H-pyrrole nitrogens is 1. The average Bonchev–Trinajstić information content (AvgIpc) is 3.01. The number of pyridine rings is 1. The van der Waals surface area contributed by atoms with Gasteiger partial charge >= 0.3 is 5.97 Å². The molecular weight excluding hydrogens is 358 g/mol. The molecule has 1 aliphatic carbocycles. The number of fused-ring (bicyclic) bond motifs is 3. The average molecular weight is 381 g/mol. The Balaban J connectivity index is 2.13. The summed E-state index contributed by atoms with van der Waals surface area (Å²) in [5.74, 6) is -1.76. The standard InChI is InChI=1S/C22H23NO3S/c1-3-14(22(25)26)18-17(13-10-8-12(2)9-11-13)19-15-6-4-5-7-16(15)27-21(19)23-20(18)24/h8-11,14H,3-7H2,1-2H3,(H,23,24)(H,25,26). The maximum atomic E-state index is 13.0. The molecule has 0 amide bonds. The molecule has 1 aromatic carbocycles. The number of nitrogens with one attached hydrogen (secondary N) is 1. The molecule has 1 unspecified atom stereocenters. The Labute approximate surface area is 161 Å². The van der Waals surface area contributed by atoms with Gasteiger partial charge in [0.05, 0.1) is 5.92 Å². The molecule has 1 aliphatic rings. The molecule has 2 aromatic heterocycles. The number of benzene rings is 1. The fraction of sp³-hybridized carbons (Fsp3) is 0.364. The molecule has 140 valence electrons. The van der Waals surface area contributed by atoms with Crippen molar-refractivity contribution in [3.05, 3.63) is 56.2 Å². The van der Waals surface area contributed by atoms with Crippen molar-refractivity contribution >= 4 is 27.5 Å². The topological polar surface area (TPSA) is 70.2 Å². The summed E-state index contributed by atoms with van der Waals surface area (Å²) < 4.78 is 0. The summed E-state index contributed by atoms with van der Waals surface area (Å²) in [6.07, 6.45) is 4.72. The lowest BCUT2D eigenvalue weighted by molar-refractivity contribution is -0.138. The van der Waals surface area contributed by atoms with E-state index in [4.69, 9.17) is 0 Å². The number of carboxylic acid groups (broad SMARTS) is 1. The Morgan fingerprint density at radius 3 is 2.59 bits per heavy atom. The molecule has 27 heavy (non-hydrogen) atoms. The number of thiophene rings is 1. The number of aryl methyl sites for hydroxylation is 3. The second kappa shape index (κ2) is 6.97. The van der Waals surface area contributed by atoms with Gasteiger partial charge in [0.25, 0.3) is 5.56 Å². The summed E-state index contributed by atoms with van der Waals surface area (Å²) in [6, 6.07) is 8.06. The summed E-state index contributed by atoms with van der Waals surface area (Å²) in [4.78, 5) is 30.2. The van der Waals surface area contributed by atoms with Crippen LogP contribution in [0.2, 0.25) is 0 Å². The molecule has 5 heteroatoms. The van der Waals surface area contributed by atoms with Crippen LogP contribution in [0.1, 0.15) is 53.7 Å². The predicted molar refractivity (Wildman–Crippen MR) is 110 cm³/mol. The Hall–Kier alpha value is -2.40. The number of aromatic amines is 1. The minimum Gasteiger partial charge on any atom is -0.481 e. The molecule has 0 bridgehead atoms. The van der Waals surface area contributed by atoms with Crippen molar-refractivity contribution in [2.45, 2.75) is 51.9 Å². The van der Waals surface area contributed by atoms with Crippen LogP contribution < -0.4 is 5.56 Å². The van der Waals surface area contributed by atoms with Crippen molar-refractivity contribution in [1.82, 2.24) is 4.98 Å². The van der Waals surface area contributed by atoms with Crippen LogP contribution in [0.5, 0.6) is 0 Å². The largest absolute Gasteiger partial charge is 0.481 e. The fourth-order valence-corrected chi connectivity index (χ4v) is 5.48. The van der Waals surface area contributed by atoms with E-state index in [0.717, 1.165) is 46.2 Å². The van der Waals surface area contributed by atoms with Crippen LogP contribution in [0.15, 0.2) is 29.1 Å². The number of carbonyl (C=O) groups is 1. The molecule has 0 saturated heterocycles. The lowest BCUT2D eigenvalue weighted by Gasteiger charge is -2.18. The number of hydrogen-bond donors (Lipinski definition) is 2. The molecule has 0 aliphatic heterocycles. The highest BCUT2D eigenvalue weighted by Crippen LogP contribution is 2.43. The van der Waals surface area contributed by atoms with Crippen LogP contribution in [0, 0.1) is 6.92 Å². The van der Waals surface area contributed by atoms with Crippen molar-refractivity contribution in [2.24, 2.45) is 0 Å². The molecule has 0 radical (unpaired) electrons. The van der Waals surface area contributed by atoms with Gasteiger partial charge in [-0.25, -0.2) is 0 Å². The third-order valence-corrected chi connectivity index (χ3v) is 6.76. The van der Waals surface area contributed by atoms with E-state index in [1.807, 2.05) is 38.1 Å². The van der Waals surface area contributed by atoms with Gasteiger partial charge < -0.3 is 10.1 Å². The first-order chi connectivity index (χ1) is 13.0. The lowest BCUT2D eigenvalue weighted by atomic mass is 9.85. The van der Waals surface area contributed by atoms with E-state index in [2.05, 4.69) is 4.98 Å². The molecule has 0 fully saturated rings. The van der Waals surface area contributed by atoms with E-state index in [0.29, 0.717) is 12.0 Å². The van der Waals surface area contributed by atoms with Gasteiger partial charge in [0.1, 0.15) is 4.83 Å². The summed E-state index contributed by atoms with van der Waals surface area (Å²) in [5, 5.41) is 10.8. The number of carboxylic acids is 1. The van der Waals surface area contributed by atoms with Gasteiger partial charge in [-0.2, -0.15) is 0 Å². The fourth-order valence-electron chi connectivity index (χ4n) is 4.19. The monoisotopic (exact) mass is 381 g/mol. The van der Waals surface area contributed by atoms with Crippen LogP contribution in [0.4, 0.5) is 0 Å². The molecule has 4 nitrogen and oxygen atoms in total. The first-order valence-electron chi connectivity index (χ1n) is 9.51. The second-order valence-corrected chi connectivity index (χ2v) is 8.43. The van der Waals surface area contributed by atoms with Crippen LogP contribution >= 0.6 is 11.3 Å². The number of aromatic nitrogens is 1. The Kier molecular flexibility index (Phi) is 4.64. The quantitative estimate of drug-likeness (QED) is 0.666. The first kappa shape index (κ1) is 18.0. The van der Waals surface area contributed by atoms with E-state index in [-0.39, 0.29) is 5.56 Å². The summed E-state index contributed by atoms with van der Waals surface area (Å²) in [5.41, 5.74) is 4.31. The molecule has 0 spiro atoms. The molecule has 2 N–H and O–H groups in total. The van der Waals surface area contributed by atoms with E-state index in [9.17, 15) is 14.7 Å². The van der Waals surface area contributed by atoms with Gasteiger partial charge in [-0.05, 0) is 50.2 Å². The Morgan fingerprint density at radius 2 is 1.93 bits per heavy atom. The van der Waals surface area contributed by atoms with E-state index < -0.39 is 11.9 Å². The third-order valence-electron chi connectivity index (χ3n) is 5.56. The molecular formula is C22H23NO3S. The maximum absolute atomic E-state index is 13.0. The van der Waals surface area contributed by atoms with Crippen molar-refractivity contribution < 1.29 is 9.90 Å². The molecule has 0 saturated carbocycles. The van der Waals surface area contributed by atoms with Gasteiger partial charge in [-0.15, -0.1) is 11.3 Å².